The fourth-order valence-electron chi connectivity index (χ4n) is 3.04. The minimum Gasteiger partial charge on any atom is -0.348 e. The number of piperazine rings is 1. The van der Waals surface area contributed by atoms with Crippen molar-refractivity contribution in [1.29, 1.82) is 0 Å². The number of carbonyl (C=O) groups excluding carboxylic acids is 3. The van der Waals surface area contributed by atoms with Crippen molar-refractivity contribution in [2.24, 2.45) is 0 Å². The normalized spacial score (nSPS) is 22.1. The predicted molar refractivity (Wildman–Crippen MR) is 91.2 cm³/mol. The minimum absolute atomic E-state index is 0.0939. The molecule has 1 aromatic carbocycles. The summed E-state index contributed by atoms with van der Waals surface area (Å²) in [5.74, 6) is -0.378. The Labute approximate surface area is 148 Å². The number of fused-ring (bicyclic) bond motifs is 1. The van der Waals surface area contributed by atoms with Crippen LogP contribution in [-0.2, 0) is 9.59 Å². The van der Waals surface area contributed by atoms with Crippen LogP contribution >= 0.6 is 15.9 Å². The Balaban J connectivity index is 1.53. The molecule has 2 aliphatic heterocycles. The van der Waals surface area contributed by atoms with Gasteiger partial charge in [0.2, 0.25) is 5.91 Å². The third-order valence-corrected chi connectivity index (χ3v) is 4.90. The van der Waals surface area contributed by atoms with Crippen molar-refractivity contribution >= 4 is 33.8 Å². The third-order valence-electron chi connectivity index (χ3n) is 4.37. The van der Waals surface area contributed by atoms with Crippen LogP contribution in [0.4, 0.5) is 4.79 Å². The summed E-state index contributed by atoms with van der Waals surface area (Å²) in [6, 6.07) is 6.88. The lowest BCUT2D eigenvalue weighted by Gasteiger charge is -2.35. The third kappa shape index (κ3) is 3.59. The first kappa shape index (κ1) is 16.9. The predicted octanol–water partition coefficient (Wildman–Crippen LogP) is 0.862. The molecule has 2 heterocycles. The number of benzene rings is 1. The first-order valence-corrected chi connectivity index (χ1v) is 8.62. The van der Waals surface area contributed by atoms with Crippen LogP contribution in [0.3, 0.4) is 0 Å². The van der Waals surface area contributed by atoms with Crippen LogP contribution in [0.15, 0.2) is 28.7 Å². The molecule has 0 unspecified atom stereocenters. The maximum absolute atomic E-state index is 12.3. The topological polar surface area (TPSA) is 81.8 Å². The van der Waals surface area contributed by atoms with Gasteiger partial charge in [0.1, 0.15) is 6.04 Å². The Morgan fingerprint density at radius 2 is 2.04 bits per heavy atom. The Kier molecular flexibility index (Phi) is 4.86. The van der Waals surface area contributed by atoms with Gasteiger partial charge in [-0.15, -0.1) is 0 Å². The molecule has 2 fully saturated rings. The van der Waals surface area contributed by atoms with Crippen LogP contribution in [0.25, 0.3) is 0 Å². The van der Waals surface area contributed by atoms with Crippen LogP contribution in [-0.4, -0.2) is 59.9 Å². The molecule has 0 radical (unpaired) electrons. The summed E-state index contributed by atoms with van der Waals surface area (Å²) < 4.78 is 0.993. The number of rotatable bonds is 4. The molecule has 3 rings (SSSR count). The van der Waals surface area contributed by atoms with E-state index in [0.717, 1.165) is 10.0 Å². The molecule has 0 saturated carbocycles. The van der Waals surface area contributed by atoms with Crippen LogP contribution in [0.5, 0.6) is 0 Å². The highest BCUT2D eigenvalue weighted by atomic mass is 79.9. The molecular formula is C16H19BrN4O3. The fourth-order valence-corrected chi connectivity index (χ4v) is 3.30. The number of hydrogen-bond donors (Lipinski definition) is 2. The van der Waals surface area contributed by atoms with Gasteiger partial charge in [-0.25, -0.2) is 4.79 Å². The molecule has 0 aromatic heterocycles. The molecule has 1 aromatic rings. The van der Waals surface area contributed by atoms with Gasteiger partial charge in [0.25, 0.3) is 5.91 Å². The van der Waals surface area contributed by atoms with Crippen LogP contribution in [0.1, 0.15) is 18.5 Å². The summed E-state index contributed by atoms with van der Waals surface area (Å²) in [7, 11) is 0. The molecule has 24 heavy (non-hydrogen) atoms. The van der Waals surface area contributed by atoms with E-state index in [4.69, 9.17) is 0 Å². The van der Waals surface area contributed by atoms with E-state index in [1.165, 1.54) is 4.90 Å². The van der Waals surface area contributed by atoms with Crippen molar-refractivity contribution in [2.45, 2.75) is 19.0 Å². The van der Waals surface area contributed by atoms with Crippen molar-refractivity contribution in [3.8, 4) is 0 Å². The van der Waals surface area contributed by atoms with E-state index in [1.807, 2.05) is 36.1 Å². The number of carbonyl (C=O) groups is 3. The zero-order valence-electron chi connectivity index (χ0n) is 13.3. The van der Waals surface area contributed by atoms with Crippen molar-refractivity contribution < 1.29 is 14.4 Å². The molecule has 4 amide bonds. The molecule has 2 N–H and O–H groups in total. The SMILES string of the molecule is C[C@H](NC(=O)CN1CCN2C(=O)NC(=O)[C@H]2C1)c1ccc(Br)cc1. The summed E-state index contributed by atoms with van der Waals surface area (Å²) in [5, 5.41) is 5.27. The Morgan fingerprint density at radius 3 is 2.75 bits per heavy atom. The van der Waals surface area contributed by atoms with Crippen molar-refractivity contribution in [3.63, 3.8) is 0 Å². The molecule has 2 aliphatic rings. The monoisotopic (exact) mass is 394 g/mol. The molecule has 0 bridgehead atoms. The first-order valence-electron chi connectivity index (χ1n) is 7.82. The summed E-state index contributed by atoms with van der Waals surface area (Å²) in [4.78, 5) is 39.0. The highest BCUT2D eigenvalue weighted by molar-refractivity contribution is 9.10. The number of hydrogen-bond acceptors (Lipinski definition) is 4. The van der Waals surface area contributed by atoms with Crippen LogP contribution in [0.2, 0.25) is 0 Å². The maximum atomic E-state index is 12.3. The van der Waals surface area contributed by atoms with Gasteiger partial charge in [0.15, 0.2) is 0 Å². The van der Waals surface area contributed by atoms with Crippen molar-refractivity contribution in [1.82, 2.24) is 20.4 Å². The Hall–Kier alpha value is -1.93. The standard InChI is InChI=1S/C16H19BrN4O3/c1-10(11-2-4-12(17)5-3-11)18-14(22)9-20-6-7-21-13(8-20)15(23)19-16(21)24/h2-5,10,13H,6-9H2,1H3,(H,18,22)(H,19,23,24)/t10-,13+/m0/s1. The van der Waals surface area contributed by atoms with E-state index >= 15 is 0 Å². The van der Waals surface area contributed by atoms with E-state index in [0.29, 0.717) is 19.6 Å². The number of halogens is 1. The second-order valence-corrected chi connectivity index (χ2v) is 7.00. The summed E-state index contributed by atoms with van der Waals surface area (Å²) in [6.07, 6.45) is 0. The highest BCUT2D eigenvalue weighted by Gasteiger charge is 2.42. The quantitative estimate of drug-likeness (QED) is 0.742. The molecule has 7 nitrogen and oxygen atoms in total. The average molecular weight is 395 g/mol. The van der Waals surface area contributed by atoms with Gasteiger partial charge < -0.3 is 10.2 Å². The molecule has 0 aliphatic carbocycles. The minimum atomic E-state index is -0.483. The van der Waals surface area contributed by atoms with E-state index < -0.39 is 6.04 Å². The number of amides is 4. The zero-order chi connectivity index (χ0) is 17.3. The lowest BCUT2D eigenvalue weighted by Crippen LogP contribution is -2.55. The molecule has 128 valence electrons. The van der Waals surface area contributed by atoms with Gasteiger partial charge in [0, 0.05) is 24.1 Å². The van der Waals surface area contributed by atoms with E-state index in [2.05, 4.69) is 26.6 Å². The van der Waals surface area contributed by atoms with Gasteiger partial charge in [-0.3, -0.25) is 19.8 Å². The highest BCUT2D eigenvalue weighted by Crippen LogP contribution is 2.17. The van der Waals surface area contributed by atoms with Gasteiger partial charge in [0.05, 0.1) is 12.6 Å². The van der Waals surface area contributed by atoms with Crippen LogP contribution in [0, 0.1) is 0 Å². The van der Waals surface area contributed by atoms with E-state index in [9.17, 15) is 14.4 Å². The molecule has 2 saturated heterocycles. The lowest BCUT2D eigenvalue weighted by atomic mass is 10.1. The first-order chi connectivity index (χ1) is 11.4. The molecule has 0 spiro atoms. The number of imide groups is 1. The second-order valence-electron chi connectivity index (χ2n) is 6.08. The summed E-state index contributed by atoms with van der Waals surface area (Å²) in [6.45, 7) is 3.57. The number of nitrogens with zero attached hydrogens (tertiary/aromatic N) is 2. The Morgan fingerprint density at radius 1 is 1.33 bits per heavy atom. The van der Waals surface area contributed by atoms with Gasteiger partial charge in [-0.05, 0) is 24.6 Å². The van der Waals surface area contributed by atoms with E-state index in [-0.39, 0.29) is 30.4 Å². The molecule has 2 atom stereocenters. The number of urea groups is 1. The van der Waals surface area contributed by atoms with Gasteiger partial charge in [-0.1, -0.05) is 28.1 Å². The van der Waals surface area contributed by atoms with E-state index in [1.54, 1.807) is 0 Å². The largest absolute Gasteiger partial charge is 0.348 e. The Bertz CT molecular complexity index is 664. The zero-order valence-corrected chi connectivity index (χ0v) is 14.9. The summed E-state index contributed by atoms with van der Waals surface area (Å²) >= 11 is 3.39. The summed E-state index contributed by atoms with van der Waals surface area (Å²) in [5.41, 5.74) is 1.03. The lowest BCUT2D eigenvalue weighted by molar-refractivity contribution is -0.126. The average Bonchev–Trinajstić information content (AvgIpc) is 2.82. The molecule has 8 heteroatoms. The van der Waals surface area contributed by atoms with Gasteiger partial charge >= 0.3 is 6.03 Å². The number of nitrogens with one attached hydrogen (secondary N) is 2. The smallest absolute Gasteiger partial charge is 0.324 e. The molecular weight excluding hydrogens is 376 g/mol. The second kappa shape index (κ2) is 6.90. The van der Waals surface area contributed by atoms with Gasteiger partial charge in [-0.2, -0.15) is 0 Å². The van der Waals surface area contributed by atoms with Crippen molar-refractivity contribution in [3.05, 3.63) is 34.3 Å². The maximum Gasteiger partial charge on any atom is 0.324 e. The van der Waals surface area contributed by atoms with Crippen LogP contribution < -0.4 is 10.6 Å². The van der Waals surface area contributed by atoms with Crippen molar-refractivity contribution in [2.75, 3.05) is 26.2 Å². The fraction of sp³-hybridized carbons (Fsp3) is 0.438.